The van der Waals surface area contributed by atoms with Crippen LogP contribution >= 0.6 is 11.8 Å². The number of para-hydroxylation sites is 2. The Labute approximate surface area is 164 Å². The molecule has 0 radical (unpaired) electrons. The molecule has 0 saturated carbocycles. The van der Waals surface area contributed by atoms with Crippen LogP contribution < -0.4 is 5.56 Å². The van der Waals surface area contributed by atoms with Gasteiger partial charge in [-0.3, -0.25) is 9.78 Å². The van der Waals surface area contributed by atoms with E-state index in [4.69, 9.17) is 4.98 Å². The monoisotopic (exact) mass is 382 g/mol. The van der Waals surface area contributed by atoms with Crippen molar-refractivity contribution in [3.63, 3.8) is 0 Å². The van der Waals surface area contributed by atoms with Crippen molar-refractivity contribution in [2.24, 2.45) is 0 Å². The molecule has 28 heavy (non-hydrogen) atoms. The zero-order valence-corrected chi connectivity index (χ0v) is 15.5. The summed E-state index contributed by atoms with van der Waals surface area (Å²) >= 11 is 1.40. The predicted molar refractivity (Wildman–Crippen MR) is 111 cm³/mol. The lowest BCUT2D eigenvalue weighted by molar-refractivity contribution is 0.825. The number of pyridine rings is 1. The predicted octanol–water partition coefficient (Wildman–Crippen LogP) is 4.68. The second-order valence-electron chi connectivity index (χ2n) is 6.25. The minimum Gasteiger partial charge on any atom is -0.298 e. The van der Waals surface area contributed by atoms with Gasteiger partial charge in [-0.2, -0.15) is 0 Å². The van der Waals surface area contributed by atoms with E-state index in [1.165, 1.54) is 11.8 Å². The van der Waals surface area contributed by atoms with Crippen LogP contribution in [0.25, 0.3) is 33.1 Å². The van der Waals surface area contributed by atoms with Crippen molar-refractivity contribution in [3.05, 3.63) is 89.2 Å². The SMILES string of the molecule is O=c1[nH]c(Sc2c3ccccc3nc3ccccc23)nnc1-c1ccccc1. The average molecular weight is 382 g/mol. The van der Waals surface area contributed by atoms with Gasteiger partial charge in [0, 0.05) is 21.2 Å². The van der Waals surface area contributed by atoms with E-state index in [1.807, 2.05) is 78.9 Å². The van der Waals surface area contributed by atoms with Crippen LogP contribution in [0, 0.1) is 0 Å². The van der Waals surface area contributed by atoms with Gasteiger partial charge in [0.2, 0.25) is 0 Å². The summed E-state index contributed by atoms with van der Waals surface area (Å²) in [4.78, 5) is 21.2. The van der Waals surface area contributed by atoms with Crippen LogP contribution in [0.15, 0.2) is 93.7 Å². The van der Waals surface area contributed by atoms with E-state index in [9.17, 15) is 4.79 Å². The Balaban J connectivity index is 1.64. The van der Waals surface area contributed by atoms with Crippen molar-refractivity contribution in [1.29, 1.82) is 0 Å². The van der Waals surface area contributed by atoms with Crippen molar-refractivity contribution < 1.29 is 0 Å². The minimum atomic E-state index is -0.258. The Morgan fingerprint density at radius 1 is 0.714 bits per heavy atom. The molecule has 0 aliphatic rings. The molecule has 6 heteroatoms. The fourth-order valence-electron chi connectivity index (χ4n) is 3.16. The molecule has 0 spiro atoms. The highest BCUT2D eigenvalue weighted by Crippen LogP contribution is 2.36. The summed E-state index contributed by atoms with van der Waals surface area (Å²) in [7, 11) is 0. The van der Waals surface area contributed by atoms with E-state index in [0.717, 1.165) is 32.3 Å². The van der Waals surface area contributed by atoms with Gasteiger partial charge in [0.15, 0.2) is 10.9 Å². The van der Waals surface area contributed by atoms with Gasteiger partial charge in [-0.1, -0.05) is 66.7 Å². The van der Waals surface area contributed by atoms with E-state index in [2.05, 4.69) is 15.2 Å². The molecule has 134 valence electrons. The lowest BCUT2D eigenvalue weighted by Gasteiger charge is -2.09. The zero-order chi connectivity index (χ0) is 18.9. The number of hydrogen-bond donors (Lipinski definition) is 1. The Morgan fingerprint density at radius 2 is 1.32 bits per heavy atom. The molecule has 0 saturated heterocycles. The fourth-order valence-corrected chi connectivity index (χ4v) is 4.14. The number of fused-ring (bicyclic) bond motifs is 2. The lowest BCUT2D eigenvalue weighted by atomic mass is 10.1. The Morgan fingerprint density at radius 3 is 1.96 bits per heavy atom. The standard InChI is InChI=1S/C22H14N4OS/c27-21-19(14-8-2-1-3-9-14)25-26-22(24-21)28-20-15-10-4-6-12-17(15)23-18-13-7-5-11-16(18)20/h1-13H,(H,24,26,27). The number of nitrogens with one attached hydrogen (secondary N) is 1. The molecule has 0 atom stereocenters. The largest absolute Gasteiger partial charge is 0.298 e. The van der Waals surface area contributed by atoms with Crippen molar-refractivity contribution in [1.82, 2.24) is 20.2 Å². The van der Waals surface area contributed by atoms with Crippen LogP contribution in [0.3, 0.4) is 0 Å². The van der Waals surface area contributed by atoms with Crippen LogP contribution in [-0.4, -0.2) is 20.2 Å². The molecule has 0 unspecified atom stereocenters. The van der Waals surface area contributed by atoms with Crippen LogP contribution in [0.4, 0.5) is 0 Å². The molecule has 0 aliphatic carbocycles. The molecule has 2 aromatic heterocycles. The highest BCUT2D eigenvalue weighted by Gasteiger charge is 2.13. The molecule has 3 aromatic carbocycles. The number of aromatic nitrogens is 4. The maximum atomic E-state index is 12.6. The van der Waals surface area contributed by atoms with Gasteiger partial charge >= 0.3 is 0 Å². The highest BCUT2D eigenvalue weighted by molar-refractivity contribution is 7.99. The Kier molecular flexibility index (Phi) is 4.10. The first kappa shape index (κ1) is 16.6. The third-order valence-electron chi connectivity index (χ3n) is 4.46. The summed E-state index contributed by atoms with van der Waals surface area (Å²) in [5.74, 6) is 0. The maximum Gasteiger partial charge on any atom is 0.278 e. The summed E-state index contributed by atoms with van der Waals surface area (Å²) in [5.41, 5.74) is 2.60. The van der Waals surface area contributed by atoms with Gasteiger partial charge in [0.1, 0.15) is 0 Å². The van der Waals surface area contributed by atoms with Crippen LogP contribution in [0.5, 0.6) is 0 Å². The lowest BCUT2D eigenvalue weighted by Crippen LogP contribution is -2.14. The van der Waals surface area contributed by atoms with E-state index in [0.29, 0.717) is 10.9 Å². The quantitative estimate of drug-likeness (QED) is 0.459. The molecule has 1 N–H and O–H groups in total. The first-order valence-corrected chi connectivity index (χ1v) is 9.59. The number of benzene rings is 3. The number of rotatable bonds is 3. The smallest absolute Gasteiger partial charge is 0.278 e. The second-order valence-corrected chi connectivity index (χ2v) is 7.25. The van der Waals surface area contributed by atoms with E-state index in [-0.39, 0.29) is 5.56 Å². The Hall–Kier alpha value is -3.51. The fraction of sp³-hybridized carbons (Fsp3) is 0. The minimum absolute atomic E-state index is 0.258. The molecule has 5 aromatic rings. The molecule has 5 nitrogen and oxygen atoms in total. The number of hydrogen-bond acceptors (Lipinski definition) is 5. The molecule has 0 aliphatic heterocycles. The van der Waals surface area contributed by atoms with Crippen LogP contribution in [0.1, 0.15) is 0 Å². The van der Waals surface area contributed by atoms with Gasteiger partial charge in [-0.05, 0) is 23.9 Å². The third kappa shape index (κ3) is 2.93. The molecular weight excluding hydrogens is 368 g/mol. The van der Waals surface area contributed by atoms with Crippen molar-refractivity contribution >= 4 is 33.6 Å². The molecule has 5 rings (SSSR count). The Bertz CT molecular complexity index is 1310. The van der Waals surface area contributed by atoms with Crippen LogP contribution in [-0.2, 0) is 0 Å². The summed E-state index contributed by atoms with van der Waals surface area (Å²) in [5, 5.41) is 10.9. The van der Waals surface area contributed by atoms with E-state index < -0.39 is 0 Å². The second kappa shape index (κ2) is 6.90. The molecule has 0 amide bonds. The van der Waals surface area contributed by atoms with E-state index >= 15 is 0 Å². The number of H-pyrrole nitrogens is 1. The average Bonchev–Trinajstić information content (AvgIpc) is 2.74. The van der Waals surface area contributed by atoms with Gasteiger partial charge in [-0.15, -0.1) is 10.2 Å². The van der Waals surface area contributed by atoms with E-state index in [1.54, 1.807) is 0 Å². The molecular formula is C22H14N4OS. The normalized spacial score (nSPS) is 11.1. The topological polar surface area (TPSA) is 71.5 Å². The molecule has 2 heterocycles. The number of aromatic amines is 1. The summed E-state index contributed by atoms with van der Waals surface area (Å²) < 4.78 is 0. The van der Waals surface area contributed by atoms with Gasteiger partial charge in [0.25, 0.3) is 5.56 Å². The molecule has 0 fully saturated rings. The third-order valence-corrected chi connectivity index (χ3v) is 5.48. The number of nitrogens with zero attached hydrogens (tertiary/aromatic N) is 3. The molecule has 0 bridgehead atoms. The van der Waals surface area contributed by atoms with Crippen LogP contribution in [0.2, 0.25) is 0 Å². The van der Waals surface area contributed by atoms with Crippen molar-refractivity contribution in [2.45, 2.75) is 10.1 Å². The van der Waals surface area contributed by atoms with Gasteiger partial charge < -0.3 is 0 Å². The highest BCUT2D eigenvalue weighted by atomic mass is 32.2. The summed E-state index contributed by atoms with van der Waals surface area (Å²) in [6.45, 7) is 0. The maximum absolute atomic E-state index is 12.6. The van der Waals surface area contributed by atoms with Gasteiger partial charge in [0.05, 0.1) is 11.0 Å². The van der Waals surface area contributed by atoms with Crippen molar-refractivity contribution in [2.75, 3.05) is 0 Å². The summed E-state index contributed by atoms with van der Waals surface area (Å²) in [6.07, 6.45) is 0. The van der Waals surface area contributed by atoms with Crippen molar-refractivity contribution in [3.8, 4) is 11.3 Å². The van der Waals surface area contributed by atoms with Gasteiger partial charge in [-0.25, -0.2) is 4.98 Å². The first-order valence-electron chi connectivity index (χ1n) is 8.77. The summed E-state index contributed by atoms with van der Waals surface area (Å²) in [6, 6.07) is 25.2. The first-order chi connectivity index (χ1) is 13.8. The zero-order valence-electron chi connectivity index (χ0n) is 14.7.